The molecule has 0 amide bonds. The molecule has 2 unspecified atom stereocenters. The zero-order valence-electron chi connectivity index (χ0n) is 12.5. The van der Waals surface area contributed by atoms with Gasteiger partial charge in [0, 0.05) is 18.8 Å². The Bertz CT molecular complexity index is 742. The summed E-state index contributed by atoms with van der Waals surface area (Å²) in [4.78, 5) is 17.0. The summed E-state index contributed by atoms with van der Waals surface area (Å²) in [6.45, 7) is 0.674. The molecule has 0 saturated carbocycles. The molecule has 3 rings (SSSR count). The van der Waals surface area contributed by atoms with Crippen molar-refractivity contribution >= 4 is 11.5 Å². The third-order valence-electron chi connectivity index (χ3n) is 4.22. The number of hydrogen-bond acceptors (Lipinski definition) is 5. The summed E-state index contributed by atoms with van der Waals surface area (Å²) in [6.07, 6.45) is 3.27. The minimum atomic E-state index is -0.415. The smallest absolute Gasteiger partial charge is 0.311 e. The molecule has 2 aromatic rings. The van der Waals surface area contributed by atoms with Gasteiger partial charge >= 0.3 is 5.69 Å². The minimum absolute atomic E-state index is 0.0100. The van der Waals surface area contributed by atoms with E-state index in [1.54, 1.807) is 12.3 Å². The maximum atomic E-state index is 11.3. The number of pyridine rings is 1. The Morgan fingerprint density at radius 2 is 2.09 bits per heavy atom. The first-order valence-corrected chi connectivity index (χ1v) is 7.53. The van der Waals surface area contributed by atoms with Gasteiger partial charge in [-0.2, -0.15) is 5.26 Å². The van der Waals surface area contributed by atoms with Crippen LogP contribution >= 0.6 is 0 Å². The molecule has 0 bridgehead atoms. The highest BCUT2D eigenvalue weighted by Crippen LogP contribution is 2.37. The molecule has 1 aromatic carbocycles. The maximum absolute atomic E-state index is 11.3. The van der Waals surface area contributed by atoms with Crippen LogP contribution in [0.4, 0.5) is 11.5 Å². The van der Waals surface area contributed by atoms with Gasteiger partial charge in [0.2, 0.25) is 5.82 Å². The molecule has 6 heteroatoms. The van der Waals surface area contributed by atoms with Gasteiger partial charge in [-0.1, -0.05) is 30.3 Å². The average Bonchev–Trinajstić information content (AvgIpc) is 3.06. The van der Waals surface area contributed by atoms with Crippen LogP contribution in [-0.4, -0.2) is 22.5 Å². The van der Waals surface area contributed by atoms with Crippen LogP contribution in [0.25, 0.3) is 0 Å². The third kappa shape index (κ3) is 2.86. The van der Waals surface area contributed by atoms with E-state index in [2.05, 4.69) is 11.1 Å². The first-order chi connectivity index (χ1) is 11.2. The molecule has 1 aliphatic rings. The molecular formula is C17H16N4O2. The van der Waals surface area contributed by atoms with Gasteiger partial charge in [-0.05, 0) is 24.5 Å². The van der Waals surface area contributed by atoms with Crippen LogP contribution < -0.4 is 4.90 Å². The van der Waals surface area contributed by atoms with Crippen molar-refractivity contribution in [1.82, 2.24) is 4.98 Å². The maximum Gasteiger partial charge on any atom is 0.311 e. The molecular weight excluding hydrogens is 292 g/mol. The predicted molar refractivity (Wildman–Crippen MR) is 86.1 cm³/mol. The molecule has 1 aromatic heterocycles. The quantitative estimate of drug-likeness (QED) is 0.639. The highest BCUT2D eigenvalue weighted by molar-refractivity contribution is 5.59. The molecule has 0 aliphatic carbocycles. The van der Waals surface area contributed by atoms with E-state index in [1.807, 2.05) is 35.2 Å². The van der Waals surface area contributed by atoms with Crippen LogP contribution in [0, 0.1) is 21.4 Å². The molecule has 1 saturated heterocycles. The minimum Gasteiger partial charge on any atom is -0.346 e. The van der Waals surface area contributed by atoms with Crippen molar-refractivity contribution in [1.29, 1.82) is 5.26 Å². The highest BCUT2D eigenvalue weighted by atomic mass is 16.6. The van der Waals surface area contributed by atoms with Gasteiger partial charge in [-0.3, -0.25) is 10.1 Å². The molecule has 0 N–H and O–H groups in total. The van der Waals surface area contributed by atoms with Crippen molar-refractivity contribution in [3.63, 3.8) is 0 Å². The summed E-state index contributed by atoms with van der Waals surface area (Å²) in [5.74, 6) is 0.0245. The summed E-state index contributed by atoms with van der Waals surface area (Å²) >= 11 is 0. The van der Waals surface area contributed by atoms with Crippen LogP contribution in [0.3, 0.4) is 0 Å². The molecule has 0 radical (unpaired) electrons. The average molecular weight is 308 g/mol. The molecule has 1 aliphatic heterocycles. The summed E-state index contributed by atoms with van der Waals surface area (Å²) in [7, 11) is 0. The molecule has 1 fully saturated rings. The van der Waals surface area contributed by atoms with E-state index < -0.39 is 4.92 Å². The van der Waals surface area contributed by atoms with E-state index in [-0.39, 0.29) is 17.6 Å². The van der Waals surface area contributed by atoms with Gasteiger partial charge in [-0.25, -0.2) is 4.98 Å². The van der Waals surface area contributed by atoms with Crippen molar-refractivity contribution in [2.24, 2.45) is 0 Å². The summed E-state index contributed by atoms with van der Waals surface area (Å²) in [6, 6.07) is 14.9. The topological polar surface area (TPSA) is 83.1 Å². The molecule has 0 spiro atoms. The lowest BCUT2D eigenvalue weighted by molar-refractivity contribution is -0.384. The van der Waals surface area contributed by atoms with Crippen LogP contribution in [0.1, 0.15) is 24.3 Å². The van der Waals surface area contributed by atoms with E-state index in [9.17, 15) is 15.4 Å². The van der Waals surface area contributed by atoms with Crippen molar-refractivity contribution in [3.05, 3.63) is 64.3 Å². The van der Waals surface area contributed by atoms with Crippen LogP contribution in [0.15, 0.2) is 48.7 Å². The Balaban J connectivity index is 1.98. The lowest BCUT2D eigenvalue weighted by Crippen LogP contribution is -2.35. The second kappa shape index (κ2) is 6.44. The standard InChI is InChI=1S/C17H16N4O2/c18-12-14(13-6-2-1-3-7-13)15-9-5-11-20(15)17-16(21(22)23)8-4-10-19-17/h1-4,6-8,10,14-15H,5,9,11H2. The number of hydrogen-bond donors (Lipinski definition) is 0. The predicted octanol–water partition coefficient (Wildman–Crippen LogP) is 3.27. The van der Waals surface area contributed by atoms with Crippen LogP contribution in [0.5, 0.6) is 0 Å². The fraction of sp³-hybridized carbons (Fsp3) is 0.294. The molecule has 6 nitrogen and oxygen atoms in total. The fourth-order valence-corrected chi connectivity index (χ4v) is 3.20. The van der Waals surface area contributed by atoms with Gasteiger partial charge in [0.25, 0.3) is 0 Å². The highest BCUT2D eigenvalue weighted by Gasteiger charge is 2.36. The van der Waals surface area contributed by atoms with Gasteiger partial charge < -0.3 is 4.90 Å². The Morgan fingerprint density at radius 1 is 1.30 bits per heavy atom. The van der Waals surface area contributed by atoms with Gasteiger partial charge in [0.1, 0.15) is 0 Å². The number of benzene rings is 1. The lowest BCUT2D eigenvalue weighted by Gasteiger charge is -2.28. The number of anilines is 1. The third-order valence-corrected chi connectivity index (χ3v) is 4.22. The fourth-order valence-electron chi connectivity index (χ4n) is 3.20. The van der Waals surface area contributed by atoms with Crippen molar-refractivity contribution in [3.8, 4) is 6.07 Å². The lowest BCUT2D eigenvalue weighted by atomic mass is 9.91. The molecule has 116 valence electrons. The largest absolute Gasteiger partial charge is 0.346 e. The van der Waals surface area contributed by atoms with E-state index in [0.717, 1.165) is 18.4 Å². The van der Waals surface area contributed by atoms with E-state index in [0.29, 0.717) is 12.4 Å². The Labute approximate surface area is 134 Å². The van der Waals surface area contributed by atoms with Crippen LogP contribution in [-0.2, 0) is 0 Å². The van der Waals surface area contributed by atoms with E-state index in [4.69, 9.17) is 0 Å². The molecule has 2 atom stereocenters. The summed E-state index contributed by atoms with van der Waals surface area (Å²) in [5.41, 5.74) is 0.926. The number of nitriles is 1. The zero-order valence-corrected chi connectivity index (χ0v) is 12.5. The summed E-state index contributed by atoms with van der Waals surface area (Å²) < 4.78 is 0. The van der Waals surface area contributed by atoms with Gasteiger partial charge in [0.15, 0.2) is 0 Å². The van der Waals surface area contributed by atoms with Crippen LogP contribution in [0.2, 0.25) is 0 Å². The Morgan fingerprint density at radius 3 is 2.78 bits per heavy atom. The van der Waals surface area contributed by atoms with E-state index >= 15 is 0 Å². The van der Waals surface area contributed by atoms with Crippen molar-refractivity contribution < 1.29 is 4.92 Å². The number of rotatable bonds is 4. The van der Waals surface area contributed by atoms with Gasteiger partial charge in [-0.15, -0.1) is 0 Å². The van der Waals surface area contributed by atoms with Crippen molar-refractivity contribution in [2.75, 3.05) is 11.4 Å². The first-order valence-electron chi connectivity index (χ1n) is 7.53. The monoisotopic (exact) mass is 308 g/mol. The Kier molecular flexibility index (Phi) is 4.20. The number of aromatic nitrogens is 1. The number of nitro groups is 1. The summed E-state index contributed by atoms with van der Waals surface area (Å²) in [5, 5.41) is 20.9. The second-order valence-electron chi connectivity index (χ2n) is 5.52. The Hall–Kier alpha value is -2.94. The molecule has 23 heavy (non-hydrogen) atoms. The zero-order chi connectivity index (χ0) is 16.2. The normalized spacial score (nSPS) is 18.4. The SMILES string of the molecule is N#CC(c1ccccc1)C1CCCN1c1ncccc1[N+](=O)[O-]. The first kappa shape index (κ1) is 15.0. The number of nitrogens with zero attached hydrogens (tertiary/aromatic N) is 4. The second-order valence-corrected chi connectivity index (χ2v) is 5.52. The van der Waals surface area contributed by atoms with Gasteiger partial charge in [0.05, 0.1) is 23.0 Å². The molecule has 2 heterocycles. The van der Waals surface area contributed by atoms with E-state index in [1.165, 1.54) is 6.07 Å². The van der Waals surface area contributed by atoms with Crippen molar-refractivity contribution in [2.45, 2.75) is 24.8 Å².